The van der Waals surface area contributed by atoms with E-state index in [1.54, 1.807) is 36.4 Å². The molecular formula is C37H40BrN3O6S. The SMILES string of the molecule is COc1ccc(S(=O)(=O)N(CC(=O)N(Cc2ccc(Br)cc2)[C@H](Cc2ccccc2)C(=O)NC2CCCC2)c2ccccc2OC)cc1. The second kappa shape index (κ2) is 16.2. The number of hydrogen-bond donors (Lipinski definition) is 1. The average molecular weight is 735 g/mol. The van der Waals surface area contributed by atoms with E-state index in [2.05, 4.69) is 21.2 Å². The summed E-state index contributed by atoms with van der Waals surface area (Å²) in [6, 6.07) is 28.8. The largest absolute Gasteiger partial charge is 0.497 e. The zero-order valence-electron chi connectivity index (χ0n) is 27.0. The highest BCUT2D eigenvalue weighted by molar-refractivity contribution is 9.10. The molecule has 0 radical (unpaired) electrons. The molecule has 252 valence electrons. The van der Waals surface area contributed by atoms with Gasteiger partial charge in [-0.15, -0.1) is 0 Å². The molecule has 0 aromatic heterocycles. The minimum atomic E-state index is -4.30. The fourth-order valence-electron chi connectivity index (χ4n) is 5.93. The molecule has 1 aliphatic carbocycles. The Hall–Kier alpha value is -4.35. The number of rotatable bonds is 14. The van der Waals surface area contributed by atoms with Crippen LogP contribution in [0.25, 0.3) is 0 Å². The molecular weight excluding hydrogens is 694 g/mol. The highest BCUT2D eigenvalue weighted by atomic mass is 79.9. The summed E-state index contributed by atoms with van der Waals surface area (Å²) in [5, 5.41) is 3.20. The zero-order valence-corrected chi connectivity index (χ0v) is 29.5. The van der Waals surface area contributed by atoms with E-state index < -0.39 is 28.5 Å². The molecule has 1 fully saturated rings. The van der Waals surface area contributed by atoms with Gasteiger partial charge >= 0.3 is 0 Å². The van der Waals surface area contributed by atoms with Gasteiger partial charge in [-0.1, -0.05) is 83.4 Å². The summed E-state index contributed by atoms with van der Waals surface area (Å²) in [4.78, 5) is 30.4. The van der Waals surface area contributed by atoms with Crippen molar-refractivity contribution in [1.29, 1.82) is 0 Å². The number of sulfonamides is 1. The monoisotopic (exact) mass is 733 g/mol. The second-order valence-corrected chi connectivity index (χ2v) is 14.5. The van der Waals surface area contributed by atoms with Crippen molar-refractivity contribution in [3.63, 3.8) is 0 Å². The number of carbonyl (C=O) groups is 2. The number of nitrogens with one attached hydrogen (secondary N) is 1. The average Bonchev–Trinajstić information content (AvgIpc) is 3.62. The van der Waals surface area contributed by atoms with Crippen molar-refractivity contribution < 1.29 is 27.5 Å². The van der Waals surface area contributed by atoms with Crippen LogP contribution in [0.3, 0.4) is 0 Å². The number of methoxy groups -OCH3 is 2. The predicted molar refractivity (Wildman–Crippen MR) is 190 cm³/mol. The Morgan fingerprint density at radius 3 is 2.12 bits per heavy atom. The summed E-state index contributed by atoms with van der Waals surface area (Å²) in [5.74, 6) is -0.0327. The van der Waals surface area contributed by atoms with E-state index in [0.717, 1.165) is 45.6 Å². The predicted octanol–water partition coefficient (Wildman–Crippen LogP) is 6.36. The minimum absolute atomic E-state index is 0.0266. The third-order valence-corrected chi connectivity index (χ3v) is 10.8. The van der Waals surface area contributed by atoms with Gasteiger partial charge in [0.05, 0.1) is 24.8 Å². The summed E-state index contributed by atoms with van der Waals surface area (Å²) in [6.07, 6.45) is 4.08. The van der Waals surface area contributed by atoms with Gasteiger partial charge in [0, 0.05) is 23.5 Å². The second-order valence-electron chi connectivity index (χ2n) is 11.7. The van der Waals surface area contributed by atoms with Crippen molar-refractivity contribution in [1.82, 2.24) is 10.2 Å². The molecule has 11 heteroatoms. The van der Waals surface area contributed by atoms with E-state index in [9.17, 15) is 18.0 Å². The highest BCUT2D eigenvalue weighted by Crippen LogP contribution is 2.33. The molecule has 1 aliphatic rings. The van der Waals surface area contributed by atoms with Crippen LogP contribution in [0, 0.1) is 0 Å². The number of amides is 2. The van der Waals surface area contributed by atoms with Crippen molar-refractivity contribution in [2.24, 2.45) is 0 Å². The Balaban J connectivity index is 1.58. The van der Waals surface area contributed by atoms with Crippen LogP contribution < -0.4 is 19.1 Å². The summed E-state index contributed by atoms with van der Waals surface area (Å²) >= 11 is 3.47. The van der Waals surface area contributed by atoms with Gasteiger partial charge in [0.1, 0.15) is 24.1 Å². The summed E-state index contributed by atoms with van der Waals surface area (Å²) in [6.45, 7) is -0.489. The molecule has 0 bridgehead atoms. The Bertz CT molecular complexity index is 1780. The summed E-state index contributed by atoms with van der Waals surface area (Å²) in [5.41, 5.74) is 1.87. The standard InChI is InChI=1S/C37H40BrN3O6S/c1-46-31-20-22-32(23-21-31)48(44,45)41(33-14-8-9-15-35(33)47-2)26-36(42)40(25-28-16-18-29(38)19-17-28)34(24-27-10-4-3-5-11-27)37(43)39-30-12-6-7-13-30/h3-5,8-11,14-23,30,34H,6-7,12-13,24-26H2,1-2H3,(H,39,43)/t34-/m1/s1. The topological polar surface area (TPSA) is 105 Å². The van der Waals surface area contributed by atoms with Gasteiger partial charge in [0.2, 0.25) is 11.8 Å². The van der Waals surface area contributed by atoms with Gasteiger partial charge in [-0.05, 0) is 72.5 Å². The molecule has 4 aromatic carbocycles. The molecule has 0 unspecified atom stereocenters. The van der Waals surface area contributed by atoms with E-state index in [0.29, 0.717) is 5.75 Å². The van der Waals surface area contributed by atoms with Crippen LogP contribution in [0.1, 0.15) is 36.8 Å². The number of nitrogens with zero attached hydrogens (tertiary/aromatic N) is 2. The molecule has 48 heavy (non-hydrogen) atoms. The summed E-state index contributed by atoms with van der Waals surface area (Å²) in [7, 11) is -1.35. The lowest BCUT2D eigenvalue weighted by Gasteiger charge is -2.34. The zero-order chi connectivity index (χ0) is 34.1. The minimum Gasteiger partial charge on any atom is -0.497 e. The van der Waals surface area contributed by atoms with Crippen molar-refractivity contribution in [2.45, 2.75) is 55.6 Å². The van der Waals surface area contributed by atoms with E-state index in [4.69, 9.17) is 9.47 Å². The van der Waals surface area contributed by atoms with Crippen LogP contribution in [-0.2, 0) is 32.6 Å². The first-order chi connectivity index (χ1) is 23.2. The van der Waals surface area contributed by atoms with Crippen LogP contribution in [0.15, 0.2) is 112 Å². The van der Waals surface area contributed by atoms with Crippen molar-refractivity contribution in [3.8, 4) is 11.5 Å². The van der Waals surface area contributed by atoms with Crippen LogP contribution >= 0.6 is 15.9 Å². The lowest BCUT2D eigenvalue weighted by Crippen LogP contribution is -2.54. The number of anilines is 1. The van der Waals surface area contributed by atoms with E-state index in [1.165, 1.54) is 31.3 Å². The number of ether oxygens (including phenoxy) is 2. The normalized spacial score (nSPS) is 13.8. The third kappa shape index (κ3) is 8.56. The number of benzene rings is 4. The quantitative estimate of drug-likeness (QED) is 0.162. The molecule has 0 aliphatic heterocycles. The van der Waals surface area contributed by atoms with Gasteiger partial charge in [-0.25, -0.2) is 8.42 Å². The number of hydrogen-bond acceptors (Lipinski definition) is 6. The Kier molecular flexibility index (Phi) is 11.8. The molecule has 1 saturated carbocycles. The van der Waals surface area contributed by atoms with Gasteiger partial charge in [0.15, 0.2) is 0 Å². The molecule has 0 heterocycles. The van der Waals surface area contributed by atoms with E-state index in [-0.39, 0.29) is 41.2 Å². The number of carbonyl (C=O) groups excluding carboxylic acids is 2. The number of para-hydroxylation sites is 2. The fourth-order valence-corrected chi connectivity index (χ4v) is 7.62. The highest BCUT2D eigenvalue weighted by Gasteiger charge is 2.36. The van der Waals surface area contributed by atoms with Gasteiger partial charge in [-0.3, -0.25) is 13.9 Å². The Morgan fingerprint density at radius 2 is 1.48 bits per heavy atom. The van der Waals surface area contributed by atoms with Crippen molar-refractivity contribution in [2.75, 3.05) is 25.1 Å². The molecule has 9 nitrogen and oxygen atoms in total. The molecule has 0 spiro atoms. The lowest BCUT2D eigenvalue weighted by atomic mass is 10.0. The van der Waals surface area contributed by atoms with Gasteiger partial charge in [0.25, 0.3) is 10.0 Å². The molecule has 1 N–H and O–H groups in total. The van der Waals surface area contributed by atoms with Crippen molar-refractivity contribution >= 4 is 43.5 Å². The maximum absolute atomic E-state index is 14.7. The smallest absolute Gasteiger partial charge is 0.264 e. The molecule has 2 amide bonds. The van der Waals surface area contributed by atoms with Gasteiger partial charge < -0.3 is 19.7 Å². The van der Waals surface area contributed by atoms with Gasteiger partial charge in [-0.2, -0.15) is 0 Å². The van der Waals surface area contributed by atoms with Crippen LogP contribution in [0.4, 0.5) is 5.69 Å². The first kappa shape index (κ1) is 35.0. The Labute approximate surface area is 291 Å². The Morgan fingerprint density at radius 1 is 0.833 bits per heavy atom. The third-order valence-electron chi connectivity index (χ3n) is 8.52. The maximum Gasteiger partial charge on any atom is 0.264 e. The first-order valence-corrected chi connectivity index (χ1v) is 18.1. The van der Waals surface area contributed by atoms with Crippen LogP contribution in [-0.4, -0.2) is 58.0 Å². The molecule has 5 rings (SSSR count). The lowest BCUT2D eigenvalue weighted by molar-refractivity contribution is -0.140. The maximum atomic E-state index is 14.7. The fraction of sp³-hybridized carbons (Fsp3) is 0.297. The molecule has 4 aromatic rings. The van der Waals surface area contributed by atoms with Crippen LogP contribution in [0.2, 0.25) is 0 Å². The molecule has 1 atom stereocenters. The summed E-state index contributed by atoms with van der Waals surface area (Å²) < 4.78 is 41.4. The van der Waals surface area contributed by atoms with E-state index >= 15 is 0 Å². The first-order valence-electron chi connectivity index (χ1n) is 15.9. The van der Waals surface area contributed by atoms with E-state index in [1.807, 2.05) is 54.6 Å². The van der Waals surface area contributed by atoms with Crippen molar-refractivity contribution in [3.05, 3.63) is 119 Å². The van der Waals surface area contributed by atoms with Crippen LogP contribution in [0.5, 0.6) is 11.5 Å². The number of halogens is 1. The molecule has 0 saturated heterocycles.